The number of piperidine rings is 1. The van der Waals surface area contributed by atoms with Gasteiger partial charge in [0.25, 0.3) is 0 Å². The third-order valence-electron chi connectivity index (χ3n) is 3.19. The average molecular weight is 190 g/mol. The van der Waals surface area contributed by atoms with Crippen molar-refractivity contribution in [1.82, 2.24) is 5.32 Å². The molecule has 3 rings (SSSR count). The van der Waals surface area contributed by atoms with E-state index >= 15 is 0 Å². The molecule has 1 fully saturated rings. The summed E-state index contributed by atoms with van der Waals surface area (Å²) in [6, 6.07) is 0. The van der Waals surface area contributed by atoms with Crippen molar-refractivity contribution in [1.29, 1.82) is 0 Å². The minimum Gasteiger partial charge on any atom is -0.482 e. The largest absolute Gasteiger partial charge is 0.482 e. The zero-order valence-electron chi connectivity index (χ0n) is 8.07. The molecule has 1 saturated heterocycles. The fourth-order valence-electron chi connectivity index (χ4n) is 2.46. The van der Waals surface area contributed by atoms with Crippen molar-refractivity contribution in [2.24, 2.45) is 10.9 Å². The molecule has 3 heterocycles. The van der Waals surface area contributed by atoms with Crippen molar-refractivity contribution in [3.05, 3.63) is 23.5 Å². The van der Waals surface area contributed by atoms with E-state index in [0.717, 1.165) is 13.1 Å². The number of hydrogen-bond donors (Lipinski definition) is 1. The molecule has 2 unspecified atom stereocenters. The molecule has 74 valence electrons. The van der Waals surface area contributed by atoms with Gasteiger partial charge in [0.2, 0.25) is 0 Å². The van der Waals surface area contributed by atoms with Crippen LogP contribution in [0.4, 0.5) is 0 Å². The molecule has 0 aromatic rings. The fourth-order valence-corrected chi connectivity index (χ4v) is 2.46. The van der Waals surface area contributed by atoms with Crippen molar-refractivity contribution in [2.75, 3.05) is 13.1 Å². The highest BCUT2D eigenvalue weighted by molar-refractivity contribution is 5.86. The van der Waals surface area contributed by atoms with Crippen LogP contribution < -0.4 is 5.32 Å². The van der Waals surface area contributed by atoms with Gasteiger partial charge in [0.1, 0.15) is 0 Å². The Kier molecular flexibility index (Phi) is 1.91. The van der Waals surface area contributed by atoms with E-state index in [1.54, 1.807) is 6.26 Å². The summed E-state index contributed by atoms with van der Waals surface area (Å²) in [5.41, 5.74) is 2.72. The zero-order valence-corrected chi connectivity index (χ0v) is 8.07. The molecule has 0 bridgehead atoms. The van der Waals surface area contributed by atoms with E-state index in [1.807, 2.05) is 12.3 Å². The van der Waals surface area contributed by atoms with Gasteiger partial charge in [-0.05, 0) is 36.6 Å². The topological polar surface area (TPSA) is 33.6 Å². The van der Waals surface area contributed by atoms with Gasteiger partial charge in [-0.25, -0.2) is 0 Å². The maximum Gasteiger partial charge on any atom is 0.155 e. The van der Waals surface area contributed by atoms with Crippen molar-refractivity contribution in [2.45, 2.75) is 19.1 Å². The minimum atomic E-state index is 0.175. The van der Waals surface area contributed by atoms with E-state index in [9.17, 15) is 0 Å². The van der Waals surface area contributed by atoms with Gasteiger partial charge < -0.3 is 4.74 Å². The van der Waals surface area contributed by atoms with Gasteiger partial charge in [-0.15, -0.1) is 0 Å². The van der Waals surface area contributed by atoms with Crippen LogP contribution in [0.3, 0.4) is 0 Å². The monoisotopic (exact) mass is 190 g/mol. The molecule has 2 atom stereocenters. The summed E-state index contributed by atoms with van der Waals surface area (Å²) in [5.74, 6) is 0.524. The highest BCUT2D eigenvalue weighted by Gasteiger charge is 2.32. The zero-order chi connectivity index (χ0) is 9.38. The van der Waals surface area contributed by atoms with Crippen LogP contribution in [-0.4, -0.2) is 25.5 Å². The molecule has 3 aliphatic rings. The van der Waals surface area contributed by atoms with Crippen LogP contribution in [0.15, 0.2) is 28.5 Å². The quantitative estimate of drug-likeness (QED) is 0.623. The standard InChI is InChI=1S/C11H14N2O/c1-2-9-10-7-12-6-8(10)3-5-14-11(9)13-4-1/h3,5-6,9,11,13H,1-2,4,7H2. The first kappa shape index (κ1) is 8.24. The first-order valence-electron chi connectivity index (χ1n) is 5.23. The minimum absolute atomic E-state index is 0.175. The Bertz CT molecular complexity index is 330. The van der Waals surface area contributed by atoms with E-state index in [-0.39, 0.29) is 6.23 Å². The van der Waals surface area contributed by atoms with E-state index in [0.29, 0.717) is 5.92 Å². The molecule has 0 radical (unpaired) electrons. The summed E-state index contributed by atoms with van der Waals surface area (Å²) < 4.78 is 5.65. The Morgan fingerprint density at radius 1 is 1.50 bits per heavy atom. The van der Waals surface area contributed by atoms with E-state index in [2.05, 4.69) is 10.3 Å². The van der Waals surface area contributed by atoms with Gasteiger partial charge >= 0.3 is 0 Å². The van der Waals surface area contributed by atoms with Crippen LogP contribution in [0.1, 0.15) is 12.8 Å². The molecule has 1 N–H and O–H groups in total. The number of ether oxygens (including phenoxy) is 1. The summed E-state index contributed by atoms with van der Waals surface area (Å²) in [5, 5.41) is 3.41. The van der Waals surface area contributed by atoms with E-state index in [4.69, 9.17) is 4.74 Å². The lowest BCUT2D eigenvalue weighted by atomic mass is 9.88. The molecular formula is C11H14N2O. The molecule has 0 aromatic heterocycles. The molecule has 3 heteroatoms. The number of hydrogen-bond acceptors (Lipinski definition) is 3. The Hall–Kier alpha value is -1.09. The number of nitrogens with one attached hydrogen (secondary N) is 1. The smallest absolute Gasteiger partial charge is 0.155 e. The Morgan fingerprint density at radius 2 is 2.50 bits per heavy atom. The molecule has 3 nitrogen and oxygen atoms in total. The summed E-state index contributed by atoms with van der Waals surface area (Å²) >= 11 is 0. The SMILES string of the molecule is C1=CC2=C(CN=C2)C2CCCNC2O1. The second-order valence-electron chi connectivity index (χ2n) is 4.01. The van der Waals surface area contributed by atoms with E-state index in [1.165, 1.54) is 24.0 Å². The van der Waals surface area contributed by atoms with Gasteiger partial charge in [0, 0.05) is 12.1 Å². The normalized spacial score (nSPS) is 34.9. The fraction of sp³-hybridized carbons (Fsp3) is 0.545. The number of aliphatic imine (C=N–C) groups is 1. The van der Waals surface area contributed by atoms with Crippen molar-refractivity contribution < 1.29 is 4.74 Å². The van der Waals surface area contributed by atoms with Gasteiger partial charge in [0.05, 0.1) is 12.8 Å². The molecule has 0 spiro atoms. The molecule has 0 aromatic carbocycles. The van der Waals surface area contributed by atoms with Gasteiger partial charge in [-0.1, -0.05) is 0 Å². The number of allylic oxidation sites excluding steroid dienone is 2. The lowest BCUT2D eigenvalue weighted by molar-refractivity contribution is 0.0503. The summed E-state index contributed by atoms with van der Waals surface area (Å²) in [6.45, 7) is 1.93. The molecule has 0 aliphatic carbocycles. The van der Waals surface area contributed by atoms with Crippen LogP contribution in [0, 0.1) is 5.92 Å². The molecule has 0 amide bonds. The van der Waals surface area contributed by atoms with E-state index < -0.39 is 0 Å². The van der Waals surface area contributed by atoms with Crippen LogP contribution in [0.2, 0.25) is 0 Å². The summed E-state index contributed by atoms with van der Waals surface area (Å²) in [4.78, 5) is 4.33. The first-order chi connectivity index (χ1) is 6.95. The van der Waals surface area contributed by atoms with Crippen LogP contribution in [0.25, 0.3) is 0 Å². The number of fused-ring (bicyclic) bond motifs is 2. The highest BCUT2D eigenvalue weighted by Crippen LogP contribution is 2.31. The average Bonchev–Trinajstić information content (AvgIpc) is 2.61. The third kappa shape index (κ3) is 1.20. The van der Waals surface area contributed by atoms with Gasteiger partial charge in [-0.2, -0.15) is 0 Å². The Labute approximate surface area is 83.6 Å². The summed E-state index contributed by atoms with van der Waals surface area (Å²) in [6.07, 6.45) is 8.44. The van der Waals surface area contributed by atoms with Gasteiger partial charge in [0.15, 0.2) is 6.23 Å². The van der Waals surface area contributed by atoms with Crippen LogP contribution in [0.5, 0.6) is 0 Å². The predicted octanol–water partition coefficient (Wildman–Crippen LogP) is 1.24. The Morgan fingerprint density at radius 3 is 3.50 bits per heavy atom. The van der Waals surface area contributed by atoms with Crippen LogP contribution >= 0.6 is 0 Å². The first-order valence-corrected chi connectivity index (χ1v) is 5.23. The Balaban J connectivity index is 1.95. The van der Waals surface area contributed by atoms with Crippen molar-refractivity contribution in [3.63, 3.8) is 0 Å². The second kappa shape index (κ2) is 3.24. The second-order valence-corrected chi connectivity index (χ2v) is 4.01. The van der Waals surface area contributed by atoms with Crippen molar-refractivity contribution >= 4 is 6.21 Å². The molecule has 0 saturated carbocycles. The highest BCUT2D eigenvalue weighted by atomic mass is 16.5. The maximum atomic E-state index is 5.65. The molecule has 14 heavy (non-hydrogen) atoms. The predicted molar refractivity (Wildman–Crippen MR) is 55.1 cm³/mol. The molecule has 3 aliphatic heterocycles. The lowest BCUT2D eigenvalue weighted by Crippen LogP contribution is -2.43. The van der Waals surface area contributed by atoms with Gasteiger partial charge in [-0.3, -0.25) is 10.3 Å². The van der Waals surface area contributed by atoms with Crippen molar-refractivity contribution in [3.8, 4) is 0 Å². The van der Waals surface area contributed by atoms with Crippen LogP contribution in [-0.2, 0) is 4.74 Å². The molecular weight excluding hydrogens is 176 g/mol. The maximum absolute atomic E-state index is 5.65. The summed E-state index contributed by atoms with van der Waals surface area (Å²) in [7, 11) is 0. The lowest BCUT2D eigenvalue weighted by Gasteiger charge is -2.31. The number of nitrogens with zero attached hydrogens (tertiary/aromatic N) is 1. The third-order valence-corrected chi connectivity index (χ3v) is 3.19. The number of rotatable bonds is 0.